The Morgan fingerprint density at radius 2 is 2.23 bits per heavy atom. The average Bonchev–Trinajstić information content (AvgIpc) is 3.02. The molecule has 2 rings (SSSR count). The maximum atomic E-state index is 12.4. The van der Waals surface area contributed by atoms with E-state index in [2.05, 4.69) is 22.2 Å². The van der Waals surface area contributed by atoms with Crippen molar-refractivity contribution in [1.82, 2.24) is 14.9 Å². The molecule has 118 valence electrons. The molecular formula is C16H22N4O2. The highest BCUT2D eigenvalue weighted by molar-refractivity contribution is 5.92. The van der Waals surface area contributed by atoms with Gasteiger partial charge in [-0.15, -0.1) is 0 Å². The van der Waals surface area contributed by atoms with Crippen LogP contribution in [0.3, 0.4) is 0 Å². The second kappa shape index (κ2) is 7.59. The van der Waals surface area contributed by atoms with Crippen molar-refractivity contribution in [2.24, 2.45) is 0 Å². The Morgan fingerprint density at radius 3 is 2.91 bits per heavy atom. The standard InChI is InChI=1S/C16H22N4O2/c1-4-5-8-20(3)16(21)14-10-15(19-12(2)18-14)17-11-13-7-6-9-22-13/h6-7,9-10H,4-5,8,11H2,1-3H3,(H,17,18,19). The summed E-state index contributed by atoms with van der Waals surface area (Å²) in [6, 6.07) is 5.40. The van der Waals surface area contributed by atoms with Crippen molar-refractivity contribution in [1.29, 1.82) is 0 Å². The molecule has 2 aromatic heterocycles. The molecule has 0 aliphatic heterocycles. The summed E-state index contributed by atoms with van der Waals surface area (Å²) in [5.74, 6) is 1.91. The molecule has 0 atom stereocenters. The van der Waals surface area contributed by atoms with Gasteiger partial charge in [0.15, 0.2) is 0 Å². The summed E-state index contributed by atoms with van der Waals surface area (Å²) in [5, 5.41) is 3.15. The van der Waals surface area contributed by atoms with Crippen molar-refractivity contribution in [2.75, 3.05) is 18.9 Å². The normalized spacial score (nSPS) is 10.5. The SMILES string of the molecule is CCCCN(C)C(=O)c1cc(NCc2ccco2)nc(C)n1. The molecule has 2 aromatic rings. The molecule has 6 nitrogen and oxygen atoms in total. The Labute approximate surface area is 130 Å². The highest BCUT2D eigenvalue weighted by Gasteiger charge is 2.14. The zero-order valence-corrected chi connectivity index (χ0v) is 13.3. The highest BCUT2D eigenvalue weighted by Crippen LogP contribution is 2.11. The van der Waals surface area contributed by atoms with E-state index < -0.39 is 0 Å². The van der Waals surface area contributed by atoms with Crippen LogP contribution in [-0.4, -0.2) is 34.4 Å². The number of carbonyl (C=O) groups is 1. The van der Waals surface area contributed by atoms with Gasteiger partial charge in [0.2, 0.25) is 0 Å². The Hall–Kier alpha value is -2.37. The summed E-state index contributed by atoms with van der Waals surface area (Å²) in [6.45, 7) is 5.13. The number of rotatable bonds is 7. The van der Waals surface area contributed by atoms with Crippen LogP contribution in [0.15, 0.2) is 28.9 Å². The van der Waals surface area contributed by atoms with E-state index in [0.29, 0.717) is 23.9 Å². The number of nitrogens with zero attached hydrogens (tertiary/aromatic N) is 3. The van der Waals surface area contributed by atoms with Gasteiger partial charge in [0.25, 0.3) is 5.91 Å². The van der Waals surface area contributed by atoms with E-state index in [0.717, 1.165) is 25.1 Å². The van der Waals surface area contributed by atoms with Crippen molar-refractivity contribution in [2.45, 2.75) is 33.2 Å². The lowest BCUT2D eigenvalue weighted by molar-refractivity contribution is 0.0787. The van der Waals surface area contributed by atoms with Gasteiger partial charge < -0.3 is 14.6 Å². The third kappa shape index (κ3) is 4.31. The zero-order valence-electron chi connectivity index (χ0n) is 13.3. The highest BCUT2D eigenvalue weighted by atomic mass is 16.3. The van der Waals surface area contributed by atoms with Crippen LogP contribution in [0, 0.1) is 6.92 Å². The number of carbonyl (C=O) groups excluding carboxylic acids is 1. The van der Waals surface area contributed by atoms with Crippen LogP contribution in [0.5, 0.6) is 0 Å². The number of aromatic nitrogens is 2. The van der Waals surface area contributed by atoms with Gasteiger partial charge in [0, 0.05) is 19.7 Å². The predicted octanol–water partition coefficient (Wildman–Crippen LogP) is 2.86. The lowest BCUT2D eigenvalue weighted by Crippen LogP contribution is -2.28. The van der Waals surface area contributed by atoms with Crippen LogP contribution in [-0.2, 0) is 6.54 Å². The fraction of sp³-hybridized carbons (Fsp3) is 0.438. The van der Waals surface area contributed by atoms with Crippen molar-refractivity contribution < 1.29 is 9.21 Å². The van der Waals surface area contributed by atoms with E-state index in [-0.39, 0.29) is 5.91 Å². The predicted molar refractivity (Wildman–Crippen MR) is 84.7 cm³/mol. The van der Waals surface area contributed by atoms with Crippen molar-refractivity contribution in [3.63, 3.8) is 0 Å². The number of aryl methyl sites for hydroxylation is 1. The molecule has 0 aliphatic carbocycles. The largest absolute Gasteiger partial charge is 0.467 e. The summed E-state index contributed by atoms with van der Waals surface area (Å²) in [7, 11) is 1.80. The van der Waals surface area contributed by atoms with Gasteiger partial charge in [0.05, 0.1) is 12.8 Å². The van der Waals surface area contributed by atoms with Gasteiger partial charge in [-0.2, -0.15) is 0 Å². The first-order valence-corrected chi connectivity index (χ1v) is 7.47. The number of hydrogen-bond acceptors (Lipinski definition) is 5. The van der Waals surface area contributed by atoms with Crippen molar-refractivity contribution in [3.05, 3.63) is 41.7 Å². The molecule has 0 aromatic carbocycles. The molecule has 0 fully saturated rings. The van der Waals surface area contributed by atoms with Crippen LogP contribution in [0.1, 0.15) is 41.8 Å². The van der Waals surface area contributed by atoms with Crippen LogP contribution in [0.25, 0.3) is 0 Å². The topological polar surface area (TPSA) is 71.3 Å². The first-order valence-electron chi connectivity index (χ1n) is 7.47. The maximum absolute atomic E-state index is 12.4. The fourth-order valence-electron chi connectivity index (χ4n) is 2.05. The van der Waals surface area contributed by atoms with Gasteiger partial charge in [-0.25, -0.2) is 9.97 Å². The van der Waals surface area contributed by atoms with Gasteiger partial charge in [-0.1, -0.05) is 13.3 Å². The Bertz CT molecular complexity index is 611. The van der Waals surface area contributed by atoms with Crippen molar-refractivity contribution >= 4 is 11.7 Å². The Morgan fingerprint density at radius 1 is 1.41 bits per heavy atom. The Balaban J connectivity index is 2.07. The number of unbranched alkanes of at least 4 members (excludes halogenated alkanes) is 1. The van der Waals surface area contributed by atoms with Gasteiger partial charge in [-0.05, 0) is 25.5 Å². The van der Waals surface area contributed by atoms with Crippen LogP contribution in [0.2, 0.25) is 0 Å². The van der Waals surface area contributed by atoms with Crippen LogP contribution in [0.4, 0.5) is 5.82 Å². The monoisotopic (exact) mass is 302 g/mol. The molecule has 0 unspecified atom stereocenters. The molecule has 1 N–H and O–H groups in total. The molecule has 2 heterocycles. The molecular weight excluding hydrogens is 280 g/mol. The molecule has 0 aliphatic rings. The number of furan rings is 1. The molecule has 1 amide bonds. The fourth-order valence-corrected chi connectivity index (χ4v) is 2.05. The molecule has 0 radical (unpaired) electrons. The minimum absolute atomic E-state index is 0.0833. The molecule has 6 heteroatoms. The summed E-state index contributed by atoms with van der Waals surface area (Å²) in [5.41, 5.74) is 0.410. The lowest BCUT2D eigenvalue weighted by Gasteiger charge is -2.16. The summed E-state index contributed by atoms with van der Waals surface area (Å²) in [6.07, 6.45) is 3.66. The van der Waals surface area contributed by atoms with E-state index in [1.807, 2.05) is 12.1 Å². The molecule has 0 bridgehead atoms. The van der Waals surface area contributed by atoms with Gasteiger partial charge >= 0.3 is 0 Å². The summed E-state index contributed by atoms with van der Waals surface area (Å²) in [4.78, 5) is 22.6. The lowest BCUT2D eigenvalue weighted by atomic mass is 10.3. The minimum Gasteiger partial charge on any atom is -0.467 e. The summed E-state index contributed by atoms with van der Waals surface area (Å²) >= 11 is 0. The van der Waals surface area contributed by atoms with Crippen LogP contribution >= 0.6 is 0 Å². The maximum Gasteiger partial charge on any atom is 0.272 e. The van der Waals surface area contributed by atoms with E-state index in [1.54, 1.807) is 31.2 Å². The average molecular weight is 302 g/mol. The number of hydrogen-bond donors (Lipinski definition) is 1. The number of anilines is 1. The van der Waals surface area contributed by atoms with Crippen molar-refractivity contribution in [3.8, 4) is 0 Å². The first-order chi connectivity index (χ1) is 10.6. The van der Waals surface area contributed by atoms with Gasteiger partial charge in [-0.3, -0.25) is 4.79 Å². The molecule has 0 spiro atoms. The smallest absolute Gasteiger partial charge is 0.272 e. The molecule has 22 heavy (non-hydrogen) atoms. The first kappa shape index (κ1) is 16.0. The third-order valence-electron chi connectivity index (χ3n) is 3.27. The van der Waals surface area contributed by atoms with E-state index >= 15 is 0 Å². The number of nitrogens with one attached hydrogen (secondary N) is 1. The van der Waals surface area contributed by atoms with E-state index in [4.69, 9.17) is 4.42 Å². The Kier molecular flexibility index (Phi) is 5.52. The quantitative estimate of drug-likeness (QED) is 0.851. The van der Waals surface area contributed by atoms with Gasteiger partial charge in [0.1, 0.15) is 23.1 Å². The van der Waals surface area contributed by atoms with E-state index in [1.165, 1.54) is 0 Å². The summed E-state index contributed by atoms with van der Waals surface area (Å²) < 4.78 is 5.26. The van der Waals surface area contributed by atoms with E-state index in [9.17, 15) is 4.79 Å². The minimum atomic E-state index is -0.0833. The molecule has 0 saturated carbocycles. The number of amides is 1. The molecule has 0 saturated heterocycles. The second-order valence-corrected chi connectivity index (χ2v) is 5.20. The zero-order chi connectivity index (χ0) is 15.9. The van der Waals surface area contributed by atoms with Crippen LogP contribution < -0.4 is 5.32 Å². The second-order valence-electron chi connectivity index (χ2n) is 5.20. The third-order valence-corrected chi connectivity index (χ3v) is 3.27.